The van der Waals surface area contributed by atoms with Gasteiger partial charge in [-0.25, -0.2) is 9.59 Å². The Balaban J connectivity index is 2.58. The molecule has 0 aromatic heterocycles. The van der Waals surface area contributed by atoms with Crippen molar-refractivity contribution in [3.63, 3.8) is 0 Å². The van der Waals surface area contributed by atoms with Crippen LogP contribution in [0.1, 0.15) is 40.0 Å². The van der Waals surface area contributed by atoms with E-state index in [-0.39, 0.29) is 6.03 Å². The van der Waals surface area contributed by atoms with Crippen LogP contribution >= 0.6 is 0 Å². The van der Waals surface area contributed by atoms with Gasteiger partial charge in [0.15, 0.2) is 0 Å². The Hall–Kier alpha value is -1.26. The molecule has 1 aliphatic rings. The number of amides is 2. The second kappa shape index (κ2) is 4.72. The summed E-state index contributed by atoms with van der Waals surface area (Å²) in [5.41, 5.74) is -1.21. The summed E-state index contributed by atoms with van der Waals surface area (Å²) >= 11 is 0. The quantitative estimate of drug-likeness (QED) is 0.748. The lowest BCUT2D eigenvalue weighted by Crippen LogP contribution is -2.54. The third-order valence-corrected chi connectivity index (χ3v) is 2.67. The molecule has 92 valence electrons. The van der Waals surface area contributed by atoms with Crippen molar-refractivity contribution in [2.75, 3.05) is 6.54 Å². The van der Waals surface area contributed by atoms with E-state index in [1.807, 2.05) is 6.92 Å². The van der Waals surface area contributed by atoms with E-state index in [1.165, 1.54) is 13.8 Å². The number of carboxylic acid groups (broad SMARTS) is 1. The van der Waals surface area contributed by atoms with E-state index in [9.17, 15) is 9.59 Å². The topological polar surface area (TPSA) is 69.6 Å². The van der Waals surface area contributed by atoms with Gasteiger partial charge < -0.3 is 15.3 Å². The van der Waals surface area contributed by atoms with Crippen LogP contribution in [0.15, 0.2) is 0 Å². The second-order valence-electron chi connectivity index (χ2n) is 4.78. The molecule has 0 aromatic rings. The molecule has 0 heterocycles. The highest BCUT2D eigenvalue weighted by molar-refractivity contribution is 5.85. The highest BCUT2D eigenvalue weighted by Gasteiger charge is 2.36. The molecule has 1 aliphatic carbocycles. The summed E-state index contributed by atoms with van der Waals surface area (Å²) in [6.07, 6.45) is 2.94. The van der Waals surface area contributed by atoms with Crippen molar-refractivity contribution in [1.29, 1.82) is 0 Å². The number of hydrogen-bond acceptors (Lipinski definition) is 2. The number of urea groups is 1. The van der Waals surface area contributed by atoms with Gasteiger partial charge in [-0.2, -0.15) is 0 Å². The van der Waals surface area contributed by atoms with Crippen LogP contribution in [0, 0.1) is 0 Å². The molecule has 5 heteroatoms. The first-order valence-electron chi connectivity index (χ1n) is 5.70. The number of nitrogens with zero attached hydrogens (tertiary/aromatic N) is 1. The summed E-state index contributed by atoms with van der Waals surface area (Å²) in [4.78, 5) is 24.5. The van der Waals surface area contributed by atoms with E-state index in [0.29, 0.717) is 12.6 Å². The molecule has 0 bridgehead atoms. The van der Waals surface area contributed by atoms with Gasteiger partial charge in [0.05, 0.1) is 0 Å². The number of rotatable bonds is 5. The SMILES string of the molecule is CCCN(C(=O)NC(C)(C)C(=O)O)C1CC1. The second-order valence-corrected chi connectivity index (χ2v) is 4.78. The highest BCUT2D eigenvalue weighted by Crippen LogP contribution is 2.27. The van der Waals surface area contributed by atoms with Crippen LogP contribution in [-0.2, 0) is 4.79 Å². The average Bonchev–Trinajstić information content (AvgIpc) is 2.96. The minimum Gasteiger partial charge on any atom is -0.480 e. The fraction of sp³-hybridized carbons (Fsp3) is 0.818. The first kappa shape index (κ1) is 12.8. The van der Waals surface area contributed by atoms with Gasteiger partial charge in [-0.15, -0.1) is 0 Å². The fourth-order valence-electron chi connectivity index (χ4n) is 1.47. The summed E-state index contributed by atoms with van der Waals surface area (Å²) < 4.78 is 0. The molecule has 0 saturated heterocycles. The summed E-state index contributed by atoms with van der Waals surface area (Å²) in [5.74, 6) is -1.02. The molecule has 0 aliphatic heterocycles. The molecule has 0 spiro atoms. The molecule has 1 fully saturated rings. The van der Waals surface area contributed by atoms with Crippen LogP contribution in [0.5, 0.6) is 0 Å². The summed E-state index contributed by atoms with van der Waals surface area (Å²) in [7, 11) is 0. The molecule has 2 amide bonds. The van der Waals surface area contributed by atoms with Crippen molar-refractivity contribution < 1.29 is 14.7 Å². The van der Waals surface area contributed by atoms with E-state index in [4.69, 9.17) is 5.11 Å². The van der Waals surface area contributed by atoms with Crippen molar-refractivity contribution in [2.45, 2.75) is 51.6 Å². The smallest absolute Gasteiger partial charge is 0.328 e. The summed E-state index contributed by atoms with van der Waals surface area (Å²) in [6.45, 7) is 5.67. The van der Waals surface area contributed by atoms with Gasteiger partial charge in [-0.05, 0) is 33.1 Å². The molecule has 2 N–H and O–H groups in total. The van der Waals surface area contributed by atoms with E-state index in [1.54, 1.807) is 4.90 Å². The Kier molecular flexibility index (Phi) is 3.78. The zero-order valence-electron chi connectivity index (χ0n) is 10.1. The lowest BCUT2D eigenvalue weighted by Gasteiger charge is -2.28. The molecular weight excluding hydrogens is 208 g/mol. The lowest BCUT2D eigenvalue weighted by atomic mass is 10.1. The summed E-state index contributed by atoms with van der Waals surface area (Å²) in [5, 5.41) is 11.5. The van der Waals surface area contributed by atoms with Crippen molar-refractivity contribution in [3.8, 4) is 0 Å². The minimum atomic E-state index is -1.21. The Morgan fingerprint density at radius 2 is 2.00 bits per heavy atom. The number of carbonyl (C=O) groups is 2. The van der Waals surface area contributed by atoms with Crippen LogP contribution in [0.3, 0.4) is 0 Å². The maximum Gasteiger partial charge on any atom is 0.328 e. The van der Waals surface area contributed by atoms with Crippen molar-refractivity contribution in [1.82, 2.24) is 10.2 Å². The minimum absolute atomic E-state index is 0.267. The van der Waals surface area contributed by atoms with E-state index in [2.05, 4.69) is 5.32 Å². The van der Waals surface area contributed by atoms with Crippen molar-refractivity contribution in [3.05, 3.63) is 0 Å². The zero-order chi connectivity index (χ0) is 12.3. The van der Waals surface area contributed by atoms with Gasteiger partial charge >= 0.3 is 12.0 Å². The van der Waals surface area contributed by atoms with Gasteiger partial charge in [0.2, 0.25) is 0 Å². The number of hydrogen-bond donors (Lipinski definition) is 2. The maximum atomic E-state index is 11.9. The van der Waals surface area contributed by atoms with E-state index < -0.39 is 11.5 Å². The molecule has 16 heavy (non-hydrogen) atoms. The predicted octanol–water partition coefficient (Wildman–Crippen LogP) is 1.43. The standard InChI is InChI=1S/C11H20N2O3/c1-4-7-13(8-5-6-8)10(16)12-11(2,3)9(14)15/h8H,4-7H2,1-3H3,(H,12,16)(H,14,15). The third-order valence-electron chi connectivity index (χ3n) is 2.67. The average molecular weight is 228 g/mol. The number of carbonyl (C=O) groups excluding carboxylic acids is 1. The van der Waals surface area contributed by atoms with E-state index >= 15 is 0 Å². The van der Waals surface area contributed by atoms with Crippen LogP contribution in [0.4, 0.5) is 4.79 Å². The molecule has 0 aromatic carbocycles. The third kappa shape index (κ3) is 3.12. The molecule has 1 rings (SSSR count). The fourth-order valence-corrected chi connectivity index (χ4v) is 1.47. The summed E-state index contributed by atoms with van der Waals surface area (Å²) in [6, 6.07) is 0.0429. The monoisotopic (exact) mass is 228 g/mol. The largest absolute Gasteiger partial charge is 0.480 e. The number of nitrogens with one attached hydrogen (secondary N) is 1. The first-order valence-corrected chi connectivity index (χ1v) is 5.70. The molecule has 0 radical (unpaired) electrons. The van der Waals surface area contributed by atoms with Crippen molar-refractivity contribution >= 4 is 12.0 Å². The Labute approximate surface area is 95.8 Å². The lowest BCUT2D eigenvalue weighted by molar-refractivity contribution is -0.143. The van der Waals surface area contributed by atoms with Gasteiger partial charge in [0, 0.05) is 12.6 Å². The van der Waals surface area contributed by atoms with Crippen LogP contribution < -0.4 is 5.32 Å². The van der Waals surface area contributed by atoms with Crippen molar-refractivity contribution in [2.24, 2.45) is 0 Å². The normalized spacial score (nSPS) is 15.7. The number of carboxylic acids is 1. The molecule has 1 saturated carbocycles. The molecule has 0 unspecified atom stereocenters. The van der Waals surface area contributed by atoms with Gasteiger partial charge in [0.25, 0.3) is 0 Å². The van der Waals surface area contributed by atoms with Gasteiger partial charge in [-0.1, -0.05) is 6.92 Å². The van der Waals surface area contributed by atoms with Gasteiger partial charge in [0.1, 0.15) is 5.54 Å². The highest BCUT2D eigenvalue weighted by atomic mass is 16.4. The van der Waals surface area contributed by atoms with Crippen LogP contribution in [0.2, 0.25) is 0 Å². The van der Waals surface area contributed by atoms with E-state index in [0.717, 1.165) is 19.3 Å². The molecule has 5 nitrogen and oxygen atoms in total. The Bertz CT molecular complexity index is 285. The molecular formula is C11H20N2O3. The molecule has 0 atom stereocenters. The maximum absolute atomic E-state index is 11.9. The van der Waals surface area contributed by atoms with Crippen LogP contribution in [-0.4, -0.2) is 40.1 Å². The zero-order valence-corrected chi connectivity index (χ0v) is 10.1. The first-order chi connectivity index (χ1) is 7.38. The Morgan fingerprint density at radius 3 is 2.38 bits per heavy atom. The Morgan fingerprint density at radius 1 is 1.44 bits per heavy atom. The van der Waals surface area contributed by atoms with Gasteiger partial charge in [-0.3, -0.25) is 0 Å². The number of aliphatic carboxylic acids is 1. The van der Waals surface area contributed by atoms with Crippen LogP contribution in [0.25, 0.3) is 0 Å². The predicted molar refractivity (Wildman–Crippen MR) is 60.3 cm³/mol.